The van der Waals surface area contributed by atoms with Gasteiger partial charge in [0.05, 0.1) is 0 Å². The summed E-state index contributed by atoms with van der Waals surface area (Å²) in [4.78, 5) is 11.6. The van der Waals surface area contributed by atoms with Gasteiger partial charge in [0.2, 0.25) is 0 Å². The van der Waals surface area contributed by atoms with Crippen LogP contribution in [0, 0.1) is 5.92 Å². The van der Waals surface area contributed by atoms with Crippen LogP contribution in [0.3, 0.4) is 0 Å². The molecule has 0 aromatic carbocycles. The van der Waals surface area contributed by atoms with Gasteiger partial charge in [-0.3, -0.25) is 4.79 Å². The van der Waals surface area contributed by atoms with Crippen molar-refractivity contribution in [1.29, 1.82) is 0 Å². The fourth-order valence-corrected chi connectivity index (χ4v) is 1.70. The van der Waals surface area contributed by atoms with Crippen molar-refractivity contribution in [2.24, 2.45) is 5.92 Å². The number of esters is 1. The molecule has 0 aliphatic carbocycles. The molecule has 3 heteroatoms. The molecule has 1 rings (SSSR count). The summed E-state index contributed by atoms with van der Waals surface area (Å²) in [6, 6.07) is 2.06. The molecule has 0 aliphatic heterocycles. The normalized spacial score (nSPS) is 11.9. The molecule has 0 saturated carbocycles. The molecule has 0 atom stereocenters. The minimum absolute atomic E-state index is 0.191. The van der Waals surface area contributed by atoms with Gasteiger partial charge in [-0.15, -0.1) is 0 Å². The Hall–Kier alpha value is -1.25. The highest BCUT2D eigenvalue weighted by Gasteiger charge is 2.16. The van der Waals surface area contributed by atoms with Crippen molar-refractivity contribution in [2.75, 3.05) is 0 Å². The standard InChI is InChI=1S/C14H23NO2/c1-11(2)8-12-6-7-15(9-12)10-13(16)17-14(3,4)5/h6-7,9,11H,8,10H2,1-5H3. The molecule has 0 N–H and O–H groups in total. The fourth-order valence-electron chi connectivity index (χ4n) is 1.70. The average molecular weight is 237 g/mol. The quantitative estimate of drug-likeness (QED) is 0.754. The van der Waals surface area contributed by atoms with Crippen LogP contribution in [0.1, 0.15) is 40.2 Å². The highest BCUT2D eigenvalue weighted by molar-refractivity contribution is 5.69. The number of carbonyl (C=O) groups excluding carboxylic acids is 1. The molecule has 0 radical (unpaired) electrons. The highest BCUT2D eigenvalue weighted by atomic mass is 16.6. The highest BCUT2D eigenvalue weighted by Crippen LogP contribution is 2.10. The molecule has 0 amide bonds. The number of hydrogen-bond acceptors (Lipinski definition) is 2. The molecule has 96 valence electrons. The summed E-state index contributed by atoms with van der Waals surface area (Å²) in [6.45, 7) is 10.3. The maximum Gasteiger partial charge on any atom is 0.326 e. The van der Waals surface area contributed by atoms with Crippen molar-refractivity contribution in [3.8, 4) is 0 Å². The molecular weight excluding hydrogens is 214 g/mol. The summed E-state index contributed by atoms with van der Waals surface area (Å²) in [6.07, 6.45) is 4.99. The van der Waals surface area contributed by atoms with Gasteiger partial charge in [-0.25, -0.2) is 0 Å². The molecular formula is C14H23NO2. The number of carbonyl (C=O) groups is 1. The van der Waals surface area contributed by atoms with Crippen LogP contribution < -0.4 is 0 Å². The number of aromatic nitrogens is 1. The van der Waals surface area contributed by atoms with Gasteiger partial charge >= 0.3 is 5.97 Å². The van der Waals surface area contributed by atoms with Gasteiger partial charge in [0, 0.05) is 12.4 Å². The van der Waals surface area contributed by atoms with Crippen molar-refractivity contribution in [3.63, 3.8) is 0 Å². The summed E-state index contributed by atoms with van der Waals surface area (Å²) in [7, 11) is 0. The van der Waals surface area contributed by atoms with Gasteiger partial charge in [0.25, 0.3) is 0 Å². The van der Waals surface area contributed by atoms with Gasteiger partial charge in [-0.2, -0.15) is 0 Å². The number of rotatable bonds is 4. The Morgan fingerprint density at radius 3 is 2.59 bits per heavy atom. The lowest BCUT2D eigenvalue weighted by atomic mass is 10.1. The predicted molar refractivity (Wildman–Crippen MR) is 68.8 cm³/mol. The molecule has 0 aliphatic rings. The number of ether oxygens (including phenoxy) is 1. The molecule has 1 aromatic rings. The Kier molecular flexibility index (Phi) is 4.38. The summed E-state index contributed by atoms with van der Waals surface area (Å²) < 4.78 is 7.15. The van der Waals surface area contributed by atoms with Gasteiger partial charge in [0.1, 0.15) is 12.1 Å². The number of hydrogen-bond donors (Lipinski definition) is 0. The van der Waals surface area contributed by atoms with Crippen LogP contribution in [0.4, 0.5) is 0 Å². The SMILES string of the molecule is CC(C)Cc1ccn(CC(=O)OC(C)(C)C)c1. The molecule has 0 saturated heterocycles. The van der Waals surface area contributed by atoms with Crippen molar-refractivity contribution in [1.82, 2.24) is 4.57 Å². The van der Waals surface area contributed by atoms with Crippen LogP contribution in [0.2, 0.25) is 0 Å². The Morgan fingerprint density at radius 2 is 2.06 bits per heavy atom. The lowest BCUT2D eigenvalue weighted by Gasteiger charge is -2.19. The van der Waals surface area contributed by atoms with Crippen LogP contribution in [0.25, 0.3) is 0 Å². The van der Waals surface area contributed by atoms with Gasteiger partial charge in [-0.05, 0) is 44.7 Å². The van der Waals surface area contributed by atoms with E-state index in [1.54, 1.807) is 0 Å². The van der Waals surface area contributed by atoms with Crippen molar-refractivity contribution < 1.29 is 9.53 Å². The first-order chi connectivity index (χ1) is 7.76. The van der Waals surface area contributed by atoms with E-state index < -0.39 is 5.60 Å². The van der Waals surface area contributed by atoms with Crippen molar-refractivity contribution >= 4 is 5.97 Å². The molecule has 17 heavy (non-hydrogen) atoms. The van der Waals surface area contributed by atoms with Crippen LogP contribution in [-0.2, 0) is 22.5 Å². The van der Waals surface area contributed by atoms with E-state index in [0.29, 0.717) is 5.92 Å². The summed E-state index contributed by atoms with van der Waals surface area (Å²) >= 11 is 0. The minimum atomic E-state index is -0.412. The second-order valence-electron chi connectivity index (χ2n) is 5.88. The first-order valence-electron chi connectivity index (χ1n) is 6.13. The second kappa shape index (κ2) is 5.39. The van der Waals surface area contributed by atoms with E-state index in [2.05, 4.69) is 19.9 Å². The third-order valence-corrected chi connectivity index (χ3v) is 2.19. The van der Waals surface area contributed by atoms with E-state index in [9.17, 15) is 4.79 Å². The smallest absolute Gasteiger partial charge is 0.326 e. The fraction of sp³-hybridized carbons (Fsp3) is 0.643. The first-order valence-corrected chi connectivity index (χ1v) is 6.13. The molecule has 0 bridgehead atoms. The Balaban J connectivity index is 2.52. The minimum Gasteiger partial charge on any atom is -0.459 e. The van der Waals surface area contributed by atoms with Gasteiger partial charge in [0.15, 0.2) is 0 Å². The first kappa shape index (κ1) is 13.8. The van der Waals surface area contributed by atoms with Crippen molar-refractivity contribution in [3.05, 3.63) is 24.0 Å². The zero-order chi connectivity index (χ0) is 13.1. The third-order valence-electron chi connectivity index (χ3n) is 2.19. The van der Waals surface area contributed by atoms with Gasteiger partial charge in [-0.1, -0.05) is 13.8 Å². The molecule has 1 heterocycles. The Labute approximate surface area is 104 Å². The van der Waals surface area contributed by atoms with Gasteiger partial charge < -0.3 is 9.30 Å². The predicted octanol–water partition coefficient (Wildman–Crippen LogP) is 3.03. The lowest BCUT2D eigenvalue weighted by Crippen LogP contribution is -2.26. The summed E-state index contributed by atoms with van der Waals surface area (Å²) in [5.41, 5.74) is 0.855. The average Bonchev–Trinajstić information content (AvgIpc) is 2.46. The van der Waals surface area contributed by atoms with Crippen LogP contribution >= 0.6 is 0 Å². The van der Waals surface area contributed by atoms with E-state index in [-0.39, 0.29) is 12.5 Å². The lowest BCUT2D eigenvalue weighted by molar-refractivity contribution is -0.155. The largest absolute Gasteiger partial charge is 0.459 e. The van der Waals surface area contributed by atoms with E-state index in [0.717, 1.165) is 6.42 Å². The summed E-state index contributed by atoms with van der Waals surface area (Å²) in [5, 5.41) is 0. The molecule has 0 fully saturated rings. The van der Waals surface area contributed by atoms with E-state index in [4.69, 9.17) is 4.74 Å². The topological polar surface area (TPSA) is 31.2 Å². The molecule has 3 nitrogen and oxygen atoms in total. The van der Waals surface area contributed by atoms with Crippen LogP contribution in [0.5, 0.6) is 0 Å². The Morgan fingerprint density at radius 1 is 1.41 bits per heavy atom. The summed E-state index contributed by atoms with van der Waals surface area (Å²) in [5.74, 6) is 0.441. The molecule has 0 spiro atoms. The number of nitrogens with zero attached hydrogens (tertiary/aromatic N) is 1. The Bertz CT molecular complexity index is 372. The van der Waals surface area contributed by atoms with Crippen LogP contribution in [0.15, 0.2) is 18.5 Å². The zero-order valence-electron chi connectivity index (χ0n) is 11.5. The van der Waals surface area contributed by atoms with Crippen molar-refractivity contribution in [2.45, 2.75) is 53.2 Å². The second-order valence-corrected chi connectivity index (χ2v) is 5.88. The molecule has 1 aromatic heterocycles. The van der Waals surface area contributed by atoms with Crippen LogP contribution in [-0.4, -0.2) is 16.1 Å². The maximum absolute atomic E-state index is 11.6. The third kappa shape index (κ3) is 5.57. The monoisotopic (exact) mass is 237 g/mol. The van der Waals surface area contributed by atoms with E-state index in [1.165, 1.54) is 5.56 Å². The maximum atomic E-state index is 11.6. The zero-order valence-corrected chi connectivity index (χ0v) is 11.5. The molecule has 0 unspecified atom stereocenters. The van der Waals surface area contributed by atoms with E-state index >= 15 is 0 Å². The van der Waals surface area contributed by atoms with E-state index in [1.807, 2.05) is 37.7 Å².